The van der Waals surface area contributed by atoms with E-state index >= 15 is 0 Å². The molecule has 2 unspecified atom stereocenters. The molecule has 2 N–H and O–H groups in total. The molecule has 0 aliphatic heterocycles. The van der Waals surface area contributed by atoms with Gasteiger partial charge in [0.1, 0.15) is 10.7 Å². The van der Waals surface area contributed by atoms with Crippen LogP contribution >= 0.6 is 11.3 Å². The number of thiazole rings is 1. The topological polar surface area (TPSA) is 77.8 Å². The second-order valence-corrected chi connectivity index (χ2v) is 5.02. The summed E-state index contributed by atoms with van der Waals surface area (Å²) in [5, 5.41) is 6.74. The number of aromatic nitrogens is 3. The maximum absolute atomic E-state index is 5.76. The fourth-order valence-electron chi connectivity index (χ4n) is 1.32. The van der Waals surface area contributed by atoms with Crippen LogP contribution in [-0.2, 0) is 0 Å². The second kappa shape index (κ2) is 4.93. The molecule has 0 fully saturated rings. The first kappa shape index (κ1) is 12.2. The van der Waals surface area contributed by atoms with Crippen molar-refractivity contribution in [3.8, 4) is 11.6 Å². The van der Waals surface area contributed by atoms with Crippen LogP contribution < -0.4 is 5.73 Å². The molecule has 5 nitrogen and oxygen atoms in total. The molecule has 0 radical (unpaired) electrons. The van der Waals surface area contributed by atoms with Gasteiger partial charge >= 0.3 is 0 Å². The third-order valence-corrected chi connectivity index (χ3v) is 3.67. The van der Waals surface area contributed by atoms with Crippen molar-refractivity contribution in [3.63, 3.8) is 0 Å². The molecule has 0 amide bonds. The Morgan fingerprint density at radius 3 is 2.76 bits per heavy atom. The van der Waals surface area contributed by atoms with E-state index in [4.69, 9.17) is 10.3 Å². The van der Waals surface area contributed by atoms with Crippen LogP contribution in [0.2, 0.25) is 0 Å². The van der Waals surface area contributed by atoms with Gasteiger partial charge in [-0.15, -0.1) is 11.3 Å². The smallest absolute Gasteiger partial charge is 0.277 e. The Morgan fingerprint density at radius 2 is 2.18 bits per heavy atom. The normalized spacial score (nSPS) is 14.8. The zero-order valence-electron chi connectivity index (χ0n) is 10.2. The van der Waals surface area contributed by atoms with Gasteiger partial charge in [-0.2, -0.15) is 4.98 Å². The monoisotopic (exact) mass is 252 g/mol. The van der Waals surface area contributed by atoms with Gasteiger partial charge in [0.15, 0.2) is 5.82 Å². The molecule has 2 aromatic heterocycles. The molecule has 2 rings (SSSR count). The van der Waals surface area contributed by atoms with Gasteiger partial charge in [0, 0.05) is 11.3 Å². The highest BCUT2D eigenvalue weighted by atomic mass is 32.1. The summed E-state index contributed by atoms with van der Waals surface area (Å²) in [6.45, 7) is 6.07. The van der Waals surface area contributed by atoms with Crippen LogP contribution in [0.1, 0.15) is 50.0 Å². The van der Waals surface area contributed by atoms with Gasteiger partial charge in [-0.1, -0.05) is 19.0 Å². The summed E-state index contributed by atoms with van der Waals surface area (Å²) in [6.07, 6.45) is 0.987. The van der Waals surface area contributed by atoms with Crippen LogP contribution in [0.3, 0.4) is 0 Å². The molecule has 92 valence electrons. The molecule has 2 heterocycles. The van der Waals surface area contributed by atoms with Gasteiger partial charge in [0.2, 0.25) is 0 Å². The van der Waals surface area contributed by atoms with Crippen molar-refractivity contribution in [2.45, 2.75) is 39.2 Å². The first-order chi connectivity index (χ1) is 8.11. The molecule has 0 aliphatic rings. The van der Waals surface area contributed by atoms with Crippen LogP contribution in [0, 0.1) is 0 Å². The van der Waals surface area contributed by atoms with E-state index in [1.54, 1.807) is 0 Å². The van der Waals surface area contributed by atoms with E-state index in [1.807, 2.05) is 12.3 Å². The summed E-state index contributed by atoms with van der Waals surface area (Å²) in [7, 11) is 0. The van der Waals surface area contributed by atoms with Gasteiger partial charge < -0.3 is 10.3 Å². The fourth-order valence-corrected chi connectivity index (χ4v) is 2.07. The average Bonchev–Trinajstić information content (AvgIpc) is 2.95. The van der Waals surface area contributed by atoms with E-state index in [2.05, 4.69) is 29.0 Å². The molecular formula is C11H16N4OS. The number of nitrogens with zero attached hydrogens (tertiary/aromatic N) is 3. The van der Waals surface area contributed by atoms with E-state index in [1.165, 1.54) is 11.3 Å². The first-order valence-corrected chi connectivity index (χ1v) is 6.54. The Labute approximate surface area is 104 Å². The molecule has 0 spiro atoms. The first-order valence-electron chi connectivity index (χ1n) is 5.66. The van der Waals surface area contributed by atoms with E-state index in [-0.39, 0.29) is 6.04 Å². The lowest BCUT2D eigenvalue weighted by Gasteiger charge is -1.98. The Kier molecular flexibility index (Phi) is 3.54. The third-order valence-electron chi connectivity index (χ3n) is 2.63. The van der Waals surface area contributed by atoms with E-state index in [0.29, 0.717) is 17.5 Å². The van der Waals surface area contributed by atoms with Crippen LogP contribution in [0.25, 0.3) is 11.6 Å². The number of hydrogen-bond acceptors (Lipinski definition) is 6. The van der Waals surface area contributed by atoms with Crippen LogP contribution in [0.15, 0.2) is 9.90 Å². The van der Waals surface area contributed by atoms with Crippen molar-refractivity contribution >= 4 is 11.3 Å². The Bertz CT molecular complexity index is 491. The maximum Gasteiger partial charge on any atom is 0.277 e. The lowest BCUT2D eigenvalue weighted by Crippen LogP contribution is -2.03. The quantitative estimate of drug-likeness (QED) is 0.905. The van der Waals surface area contributed by atoms with Crippen molar-refractivity contribution in [1.29, 1.82) is 0 Å². The minimum atomic E-state index is -0.0642. The highest BCUT2D eigenvalue weighted by molar-refractivity contribution is 7.10. The summed E-state index contributed by atoms with van der Waals surface area (Å²) >= 11 is 1.51. The van der Waals surface area contributed by atoms with Crippen molar-refractivity contribution < 1.29 is 4.52 Å². The van der Waals surface area contributed by atoms with Crippen LogP contribution in [0.5, 0.6) is 0 Å². The summed E-state index contributed by atoms with van der Waals surface area (Å²) < 4.78 is 5.21. The number of nitrogens with two attached hydrogens (primary N) is 1. The molecule has 0 aromatic carbocycles. The molecule has 2 aromatic rings. The summed E-state index contributed by atoms with van der Waals surface area (Å²) in [6, 6.07) is -0.0642. The lowest BCUT2D eigenvalue weighted by molar-refractivity contribution is 0.415. The van der Waals surface area contributed by atoms with Gasteiger partial charge in [-0.3, -0.25) is 0 Å². The number of hydrogen-bond donors (Lipinski definition) is 1. The zero-order chi connectivity index (χ0) is 12.4. The predicted molar refractivity (Wildman–Crippen MR) is 66.7 cm³/mol. The summed E-state index contributed by atoms with van der Waals surface area (Å²) in [4.78, 5) is 8.73. The highest BCUT2D eigenvalue weighted by Crippen LogP contribution is 2.25. The van der Waals surface area contributed by atoms with Crippen molar-refractivity contribution in [1.82, 2.24) is 15.1 Å². The average molecular weight is 252 g/mol. The lowest BCUT2D eigenvalue weighted by atomic mass is 10.1. The van der Waals surface area contributed by atoms with Crippen molar-refractivity contribution in [2.24, 2.45) is 5.73 Å². The summed E-state index contributed by atoms with van der Waals surface area (Å²) in [5.74, 6) is 1.51. The molecule has 2 atom stereocenters. The summed E-state index contributed by atoms with van der Waals surface area (Å²) in [5.41, 5.74) is 6.47. The second-order valence-electron chi connectivity index (χ2n) is 4.13. The molecule has 6 heteroatoms. The largest absolute Gasteiger partial charge is 0.332 e. The van der Waals surface area contributed by atoms with Gasteiger partial charge in [-0.25, -0.2) is 4.98 Å². The predicted octanol–water partition coefficient (Wildman–Crippen LogP) is 2.73. The zero-order valence-corrected chi connectivity index (χ0v) is 11.0. The standard InChI is InChI=1S/C11H16N4OS/c1-4-6(2)9-14-10(16-15-9)8-5-17-11(13-8)7(3)12/h5-7H,4,12H2,1-3H3. The van der Waals surface area contributed by atoms with Gasteiger partial charge in [0.25, 0.3) is 5.89 Å². The molecule has 0 saturated heterocycles. The van der Waals surface area contributed by atoms with Gasteiger partial charge in [-0.05, 0) is 13.3 Å². The maximum atomic E-state index is 5.76. The van der Waals surface area contributed by atoms with E-state index < -0.39 is 0 Å². The highest BCUT2D eigenvalue weighted by Gasteiger charge is 2.16. The van der Waals surface area contributed by atoms with Crippen molar-refractivity contribution in [3.05, 3.63) is 16.2 Å². The van der Waals surface area contributed by atoms with E-state index in [0.717, 1.165) is 17.3 Å². The SMILES string of the molecule is CCC(C)c1noc(-c2csc(C(C)N)n2)n1. The fraction of sp³-hybridized carbons (Fsp3) is 0.545. The Balaban J connectivity index is 2.24. The Morgan fingerprint density at radius 1 is 1.41 bits per heavy atom. The van der Waals surface area contributed by atoms with Crippen molar-refractivity contribution in [2.75, 3.05) is 0 Å². The molecule has 17 heavy (non-hydrogen) atoms. The Hall–Kier alpha value is -1.27. The van der Waals surface area contributed by atoms with E-state index in [9.17, 15) is 0 Å². The minimum absolute atomic E-state index is 0.0642. The van der Waals surface area contributed by atoms with Gasteiger partial charge in [0.05, 0.1) is 6.04 Å². The van der Waals surface area contributed by atoms with Crippen LogP contribution in [0.4, 0.5) is 0 Å². The van der Waals surface area contributed by atoms with Crippen LogP contribution in [-0.4, -0.2) is 15.1 Å². The molecular weight excluding hydrogens is 236 g/mol. The molecule has 0 aliphatic carbocycles. The molecule has 0 bridgehead atoms. The molecule has 0 saturated carbocycles. The third kappa shape index (κ3) is 2.53. The number of rotatable bonds is 4. The minimum Gasteiger partial charge on any atom is -0.332 e.